The lowest BCUT2D eigenvalue weighted by molar-refractivity contribution is -0.118. The summed E-state index contributed by atoms with van der Waals surface area (Å²) in [7, 11) is 1.64. The molecule has 1 N–H and O–H groups in total. The van der Waals surface area contributed by atoms with Crippen molar-refractivity contribution in [1.82, 2.24) is 5.32 Å². The van der Waals surface area contributed by atoms with E-state index in [4.69, 9.17) is 4.74 Å². The van der Waals surface area contributed by atoms with Gasteiger partial charge < -0.3 is 10.1 Å². The lowest BCUT2D eigenvalue weighted by atomic mass is 10.2. The summed E-state index contributed by atoms with van der Waals surface area (Å²) in [4.78, 5) is 12.6. The number of thioether (sulfide) groups is 1. The largest absolute Gasteiger partial charge is 0.497 e. The summed E-state index contributed by atoms with van der Waals surface area (Å²) in [6, 6.07) is 7.71. The van der Waals surface area contributed by atoms with Gasteiger partial charge in [-0.05, 0) is 30.2 Å². The average molecular weight is 253 g/mol. The summed E-state index contributed by atoms with van der Waals surface area (Å²) in [5, 5.41) is 2.89. The maximum atomic E-state index is 11.5. The molecule has 1 amide bonds. The molecular formula is C13H19NO2S. The number of carbonyl (C=O) groups is 1. The number of methoxy groups -OCH3 is 1. The first-order chi connectivity index (χ1) is 8.11. The maximum absolute atomic E-state index is 11.5. The van der Waals surface area contributed by atoms with Crippen LogP contribution in [0.4, 0.5) is 0 Å². The molecule has 0 aliphatic carbocycles. The van der Waals surface area contributed by atoms with Crippen molar-refractivity contribution >= 4 is 17.7 Å². The lowest BCUT2D eigenvalue weighted by Crippen LogP contribution is -2.28. The monoisotopic (exact) mass is 253 g/mol. The summed E-state index contributed by atoms with van der Waals surface area (Å²) < 4.78 is 5.07. The minimum Gasteiger partial charge on any atom is -0.497 e. The van der Waals surface area contributed by atoms with Crippen LogP contribution in [0, 0.1) is 5.92 Å². The van der Waals surface area contributed by atoms with Crippen LogP contribution in [0.1, 0.15) is 13.8 Å². The molecule has 17 heavy (non-hydrogen) atoms. The van der Waals surface area contributed by atoms with Crippen LogP contribution >= 0.6 is 11.8 Å². The predicted octanol–water partition coefficient (Wildman–Crippen LogP) is 2.56. The van der Waals surface area contributed by atoms with E-state index in [9.17, 15) is 4.79 Å². The van der Waals surface area contributed by atoms with Gasteiger partial charge in [-0.2, -0.15) is 0 Å². The fourth-order valence-electron chi connectivity index (χ4n) is 1.19. The minimum atomic E-state index is 0.0829. The van der Waals surface area contributed by atoms with E-state index in [0.29, 0.717) is 11.7 Å². The fourth-order valence-corrected chi connectivity index (χ4v) is 1.92. The van der Waals surface area contributed by atoms with Crippen LogP contribution in [0.2, 0.25) is 0 Å². The molecule has 4 heteroatoms. The lowest BCUT2D eigenvalue weighted by Gasteiger charge is -2.07. The van der Waals surface area contributed by atoms with Crippen LogP contribution < -0.4 is 10.1 Å². The fraction of sp³-hybridized carbons (Fsp3) is 0.462. The molecule has 0 aromatic heterocycles. The van der Waals surface area contributed by atoms with Gasteiger partial charge in [0.05, 0.1) is 12.9 Å². The van der Waals surface area contributed by atoms with Gasteiger partial charge in [0, 0.05) is 11.4 Å². The molecule has 0 spiro atoms. The third kappa shape index (κ3) is 5.63. The Balaban J connectivity index is 2.31. The highest BCUT2D eigenvalue weighted by Gasteiger charge is 2.03. The zero-order chi connectivity index (χ0) is 12.7. The Morgan fingerprint density at radius 3 is 2.53 bits per heavy atom. The quantitative estimate of drug-likeness (QED) is 0.792. The van der Waals surface area contributed by atoms with Crippen LogP contribution in [-0.4, -0.2) is 25.3 Å². The zero-order valence-electron chi connectivity index (χ0n) is 10.5. The molecule has 0 saturated heterocycles. The third-order valence-electron chi connectivity index (χ3n) is 2.14. The van der Waals surface area contributed by atoms with Crippen molar-refractivity contribution in [2.24, 2.45) is 5.92 Å². The van der Waals surface area contributed by atoms with Crippen LogP contribution in [0.25, 0.3) is 0 Å². The third-order valence-corrected chi connectivity index (χ3v) is 3.15. The van der Waals surface area contributed by atoms with Crippen molar-refractivity contribution in [3.8, 4) is 5.75 Å². The van der Waals surface area contributed by atoms with Gasteiger partial charge in [0.25, 0.3) is 0 Å². The van der Waals surface area contributed by atoms with Crippen LogP contribution in [0.15, 0.2) is 29.2 Å². The first-order valence-electron chi connectivity index (χ1n) is 5.65. The molecule has 0 heterocycles. The first-order valence-corrected chi connectivity index (χ1v) is 6.64. The average Bonchev–Trinajstić information content (AvgIpc) is 2.34. The van der Waals surface area contributed by atoms with E-state index in [1.165, 1.54) is 11.8 Å². The Hall–Kier alpha value is -1.16. The molecule has 0 bridgehead atoms. The van der Waals surface area contributed by atoms with Crippen LogP contribution in [0.3, 0.4) is 0 Å². The van der Waals surface area contributed by atoms with Crippen molar-refractivity contribution < 1.29 is 9.53 Å². The van der Waals surface area contributed by atoms with Crippen molar-refractivity contribution in [3.05, 3.63) is 24.3 Å². The molecule has 0 radical (unpaired) electrons. The summed E-state index contributed by atoms with van der Waals surface area (Å²) in [5.41, 5.74) is 0. The van der Waals surface area contributed by atoms with E-state index < -0.39 is 0 Å². The minimum absolute atomic E-state index is 0.0829. The predicted molar refractivity (Wildman–Crippen MR) is 71.6 cm³/mol. The molecule has 3 nitrogen and oxygen atoms in total. The normalized spacial score (nSPS) is 10.4. The molecule has 0 atom stereocenters. The number of nitrogens with one attached hydrogen (secondary N) is 1. The van der Waals surface area contributed by atoms with Crippen LogP contribution in [-0.2, 0) is 4.79 Å². The number of ether oxygens (including phenoxy) is 1. The van der Waals surface area contributed by atoms with Gasteiger partial charge in [-0.1, -0.05) is 13.8 Å². The smallest absolute Gasteiger partial charge is 0.230 e. The summed E-state index contributed by atoms with van der Waals surface area (Å²) in [5.74, 6) is 1.86. The topological polar surface area (TPSA) is 38.3 Å². The van der Waals surface area contributed by atoms with Crippen molar-refractivity contribution in [2.45, 2.75) is 18.7 Å². The van der Waals surface area contributed by atoms with Crippen molar-refractivity contribution in [3.63, 3.8) is 0 Å². The standard InChI is InChI=1S/C13H19NO2S/c1-10(2)8-14-13(15)9-17-12-6-4-11(16-3)5-7-12/h4-7,10H,8-9H2,1-3H3,(H,14,15). The number of rotatable bonds is 6. The van der Waals surface area contributed by atoms with Gasteiger partial charge >= 0.3 is 0 Å². The van der Waals surface area contributed by atoms with E-state index in [2.05, 4.69) is 19.2 Å². The Labute approximate surface area is 107 Å². The molecule has 0 saturated carbocycles. The van der Waals surface area contributed by atoms with Crippen molar-refractivity contribution in [1.29, 1.82) is 0 Å². The van der Waals surface area contributed by atoms with Gasteiger partial charge in [-0.3, -0.25) is 4.79 Å². The summed E-state index contributed by atoms with van der Waals surface area (Å²) in [6.45, 7) is 4.90. The van der Waals surface area contributed by atoms with Gasteiger partial charge in [0.15, 0.2) is 0 Å². The van der Waals surface area contributed by atoms with E-state index >= 15 is 0 Å². The highest BCUT2D eigenvalue weighted by molar-refractivity contribution is 8.00. The molecular weight excluding hydrogens is 234 g/mol. The first kappa shape index (κ1) is 13.9. The Kier molecular flexibility index (Phi) is 5.91. The molecule has 1 aromatic rings. The molecule has 1 rings (SSSR count). The van der Waals surface area contributed by atoms with Gasteiger partial charge in [0.2, 0.25) is 5.91 Å². The summed E-state index contributed by atoms with van der Waals surface area (Å²) >= 11 is 1.53. The maximum Gasteiger partial charge on any atom is 0.230 e. The molecule has 1 aromatic carbocycles. The number of carbonyl (C=O) groups excluding carboxylic acids is 1. The Morgan fingerprint density at radius 2 is 2.00 bits per heavy atom. The Morgan fingerprint density at radius 1 is 1.35 bits per heavy atom. The number of benzene rings is 1. The van der Waals surface area contributed by atoms with E-state index in [0.717, 1.165) is 17.2 Å². The van der Waals surface area contributed by atoms with Gasteiger partial charge in [-0.15, -0.1) is 11.8 Å². The second-order valence-corrected chi connectivity index (χ2v) is 5.21. The number of amides is 1. The van der Waals surface area contributed by atoms with E-state index in [-0.39, 0.29) is 5.91 Å². The van der Waals surface area contributed by atoms with Gasteiger partial charge in [-0.25, -0.2) is 0 Å². The second-order valence-electron chi connectivity index (χ2n) is 4.16. The highest BCUT2D eigenvalue weighted by Crippen LogP contribution is 2.20. The number of hydrogen-bond acceptors (Lipinski definition) is 3. The molecule has 0 aliphatic heterocycles. The molecule has 94 valence electrons. The van der Waals surface area contributed by atoms with Crippen molar-refractivity contribution in [2.75, 3.05) is 19.4 Å². The van der Waals surface area contributed by atoms with E-state index in [1.807, 2.05) is 24.3 Å². The van der Waals surface area contributed by atoms with Crippen LogP contribution in [0.5, 0.6) is 5.75 Å². The van der Waals surface area contributed by atoms with Gasteiger partial charge in [0.1, 0.15) is 5.75 Å². The Bertz CT molecular complexity index is 349. The molecule has 0 aliphatic rings. The SMILES string of the molecule is COc1ccc(SCC(=O)NCC(C)C)cc1. The second kappa shape index (κ2) is 7.22. The molecule has 0 fully saturated rings. The van der Waals surface area contributed by atoms with E-state index in [1.54, 1.807) is 7.11 Å². The summed E-state index contributed by atoms with van der Waals surface area (Å²) in [6.07, 6.45) is 0. The molecule has 0 unspecified atom stereocenters. The highest BCUT2D eigenvalue weighted by atomic mass is 32.2. The number of hydrogen-bond donors (Lipinski definition) is 1. The zero-order valence-corrected chi connectivity index (χ0v) is 11.3.